The van der Waals surface area contributed by atoms with Gasteiger partial charge in [-0.05, 0) is 48.7 Å². The zero-order valence-electron chi connectivity index (χ0n) is 11.4. The van der Waals surface area contributed by atoms with Gasteiger partial charge in [0.2, 0.25) is 0 Å². The van der Waals surface area contributed by atoms with E-state index in [1.807, 2.05) is 7.05 Å². The van der Waals surface area contributed by atoms with Gasteiger partial charge in [0.05, 0.1) is 6.04 Å². The van der Waals surface area contributed by atoms with Crippen LogP contribution in [0.25, 0.3) is 0 Å². The summed E-state index contributed by atoms with van der Waals surface area (Å²) in [4.78, 5) is 3.47. The molecular weight excluding hydrogens is 240 g/mol. The molecule has 2 aromatic rings. The average molecular weight is 260 g/mol. The van der Waals surface area contributed by atoms with Gasteiger partial charge in [-0.25, -0.2) is 0 Å². The van der Waals surface area contributed by atoms with E-state index in [4.69, 9.17) is 0 Å². The van der Waals surface area contributed by atoms with Crippen LogP contribution in [0.1, 0.15) is 22.0 Å². The second-order valence-corrected chi connectivity index (χ2v) is 5.81. The summed E-state index contributed by atoms with van der Waals surface area (Å²) >= 11 is 1.80. The van der Waals surface area contributed by atoms with Gasteiger partial charge in [0.1, 0.15) is 0 Å². The van der Waals surface area contributed by atoms with E-state index in [1.54, 1.807) is 11.3 Å². The molecule has 1 heterocycles. The minimum Gasteiger partial charge on any atom is -0.378 e. The second-order valence-electron chi connectivity index (χ2n) is 4.70. The van der Waals surface area contributed by atoms with Crippen molar-refractivity contribution >= 4 is 17.0 Å². The van der Waals surface area contributed by atoms with Crippen LogP contribution in [0.2, 0.25) is 0 Å². The van der Waals surface area contributed by atoms with E-state index in [1.165, 1.54) is 21.7 Å². The Hall–Kier alpha value is -1.32. The van der Waals surface area contributed by atoms with Crippen LogP contribution in [-0.4, -0.2) is 21.1 Å². The van der Waals surface area contributed by atoms with E-state index >= 15 is 0 Å². The maximum atomic E-state index is 3.39. The van der Waals surface area contributed by atoms with Gasteiger partial charge in [0.15, 0.2) is 0 Å². The quantitative estimate of drug-likeness (QED) is 0.906. The summed E-state index contributed by atoms with van der Waals surface area (Å²) in [5.41, 5.74) is 3.88. The summed E-state index contributed by atoms with van der Waals surface area (Å²) in [7, 11) is 6.14. The van der Waals surface area contributed by atoms with E-state index in [0.29, 0.717) is 0 Å². The molecule has 2 rings (SSSR count). The summed E-state index contributed by atoms with van der Waals surface area (Å²) in [6, 6.07) is 11.3. The number of anilines is 1. The van der Waals surface area contributed by atoms with Crippen molar-refractivity contribution in [1.82, 2.24) is 5.32 Å². The van der Waals surface area contributed by atoms with Crippen LogP contribution in [0, 0.1) is 6.92 Å². The molecule has 0 bridgehead atoms. The fraction of sp³-hybridized carbons (Fsp3) is 0.333. The van der Waals surface area contributed by atoms with Crippen LogP contribution in [0.15, 0.2) is 35.7 Å². The molecule has 0 saturated carbocycles. The molecule has 1 atom stereocenters. The number of benzene rings is 1. The van der Waals surface area contributed by atoms with Crippen LogP contribution >= 0.6 is 11.3 Å². The van der Waals surface area contributed by atoms with Crippen LogP contribution in [0.3, 0.4) is 0 Å². The molecule has 0 saturated heterocycles. The van der Waals surface area contributed by atoms with Crippen molar-refractivity contribution in [2.24, 2.45) is 0 Å². The van der Waals surface area contributed by atoms with E-state index in [9.17, 15) is 0 Å². The lowest BCUT2D eigenvalue weighted by Gasteiger charge is -2.18. The van der Waals surface area contributed by atoms with Crippen molar-refractivity contribution in [2.45, 2.75) is 13.0 Å². The summed E-state index contributed by atoms with van der Waals surface area (Å²) in [5, 5.41) is 5.62. The lowest BCUT2D eigenvalue weighted by Crippen LogP contribution is -2.17. The number of nitrogens with one attached hydrogen (secondary N) is 1. The molecule has 0 aliphatic carbocycles. The highest BCUT2D eigenvalue weighted by molar-refractivity contribution is 7.10. The normalized spacial score (nSPS) is 12.4. The fourth-order valence-electron chi connectivity index (χ4n) is 2.11. The predicted molar refractivity (Wildman–Crippen MR) is 80.7 cm³/mol. The van der Waals surface area contributed by atoms with E-state index in [0.717, 1.165) is 0 Å². The second kappa shape index (κ2) is 5.55. The molecule has 0 fully saturated rings. The van der Waals surface area contributed by atoms with Gasteiger partial charge in [0, 0.05) is 24.7 Å². The van der Waals surface area contributed by atoms with Crippen molar-refractivity contribution in [3.63, 3.8) is 0 Å². The third kappa shape index (κ3) is 2.74. The zero-order chi connectivity index (χ0) is 13.1. The van der Waals surface area contributed by atoms with Gasteiger partial charge in [-0.3, -0.25) is 0 Å². The Bertz CT molecular complexity index is 499. The average Bonchev–Trinajstić information content (AvgIpc) is 2.77. The van der Waals surface area contributed by atoms with Crippen LogP contribution in [0.4, 0.5) is 5.69 Å². The topological polar surface area (TPSA) is 15.3 Å². The first kappa shape index (κ1) is 13.1. The lowest BCUT2D eigenvalue weighted by atomic mass is 10.0. The molecule has 0 aliphatic rings. The highest BCUT2D eigenvalue weighted by atomic mass is 32.1. The summed E-state index contributed by atoms with van der Waals surface area (Å²) < 4.78 is 0. The third-order valence-corrected chi connectivity index (χ3v) is 4.00. The molecule has 2 nitrogen and oxygen atoms in total. The molecule has 1 aromatic carbocycles. The maximum absolute atomic E-state index is 3.39. The van der Waals surface area contributed by atoms with Crippen LogP contribution < -0.4 is 10.2 Å². The van der Waals surface area contributed by atoms with Gasteiger partial charge in [-0.15, -0.1) is 11.3 Å². The van der Waals surface area contributed by atoms with Crippen LogP contribution in [-0.2, 0) is 0 Å². The number of thiophene rings is 1. The molecular formula is C15H20N2S. The molecule has 1 N–H and O–H groups in total. The Morgan fingerprint density at radius 3 is 2.22 bits per heavy atom. The molecule has 0 radical (unpaired) electrons. The molecule has 0 aliphatic heterocycles. The number of nitrogens with zero attached hydrogens (tertiary/aromatic N) is 1. The molecule has 0 spiro atoms. The first-order chi connectivity index (χ1) is 8.61. The lowest BCUT2D eigenvalue weighted by molar-refractivity contribution is 0.694. The zero-order valence-corrected chi connectivity index (χ0v) is 12.2. The van der Waals surface area contributed by atoms with Gasteiger partial charge < -0.3 is 10.2 Å². The molecule has 0 amide bonds. The van der Waals surface area contributed by atoms with Crippen molar-refractivity contribution < 1.29 is 0 Å². The molecule has 1 unspecified atom stereocenters. The smallest absolute Gasteiger partial charge is 0.0582 e. The van der Waals surface area contributed by atoms with Gasteiger partial charge in [-0.2, -0.15) is 0 Å². The Morgan fingerprint density at radius 2 is 1.78 bits per heavy atom. The molecule has 1 aromatic heterocycles. The molecule has 3 heteroatoms. The minimum absolute atomic E-state index is 0.283. The van der Waals surface area contributed by atoms with Crippen molar-refractivity contribution in [2.75, 3.05) is 26.0 Å². The number of rotatable bonds is 4. The standard InChI is InChI=1S/C15H20N2S/c1-11-9-13(10-18-11)15(16-2)12-5-7-14(8-6-12)17(3)4/h5-10,15-16H,1-4H3. The minimum atomic E-state index is 0.283. The van der Waals surface area contributed by atoms with Gasteiger partial charge in [-0.1, -0.05) is 12.1 Å². The predicted octanol–water partition coefficient (Wildman–Crippen LogP) is 3.43. The van der Waals surface area contributed by atoms with Crippen LogP contribution in [0.5, 0.6) is 0 Å². The molecule has 18 heavy (non-hydrogen) atoms. The van der Waals surface area contributed by atoms with E-state index in [2.05, 4.69) is 66.9 Å². The first-order valence-corrected chi connectivity index (χ1v) is 6.99. The van der Waals surface area contributed by atoms with E-state index < -0.39 is 0 Å². The highest BCUT2D eigenvalue weighted by Gasteiger charge is 2.13. The number of hydrogen-bond acceptors (Lipinski definition) is 3. The largest absolute Gasteiger partial charge is 0.378 e. The SMILES string of the molecule is CNC(c1ccc(N(C)C)cc1)c1csc(C)c1. The Balaban J connectivity index is 2.28. The van der Waals surface area contributed by atoms with Crippen molar-refractivity contribution in [1.29, 1.82) is 0 Å². The molecule has 96 valence electrons. The Kier molecular flexibility index (Phi) is 4.04. The Morgan fingerprint density at radius 1 is 1.11 bits per heavy atom. The van der Waals surface area contributed by atoms with Gasteiger partial charge in [0.25, 0.3) is 0 Å². The van der Waals surface area contributed by atoms with E-state index in [-0.39, 0.29) is 6.04 Å². The summed E-state index contributed by atoms with van der Waals surface area (Å²) in [5.74, 6) is 0. The monoisotopic (exact) mass is 260 g/mol. The fourth-order valence-corrected chi connectivity index (χ4v) is 2.84. The first-order valence-electron chi connectivity index (χ1n) is 6.11. The maximum Gasteiger partial charge on any atom is 0.0582 e. The Labute approximate surface area is 113 Å². The number of hydrogen-bond donors (Lipinski definition) is 1. The van der Waals surface area contributed by atoms with Crippen molar-refractivity contribution in [3.05, 3.63) is 51.7 Å². The highest BCUT2D eigenvalue weighted by Crippen LogP contribution is 2.27. The summed E-state index contributed by atoms with van der Waals surface area (Å²) in [6.45, 7) is 2.15. The summed E-state index contributed by atoms with van der Waals surface area (Å²) in [6.07, 6.45) is 0. The van der Waals surface area contributed by atoms with Crippen molar-refractivity contribution in [3.8, 4) is 0 Å². The third-order valence-electron chi connectivity index (χ3n) is 3.12. The number of aryl methyl sites for hydroxylation is 1. The van der Waals surface area contributed by atoms with Gasteiger partial charge >= 0.3 is 0 Å².